The van der Waals surface area contributed by atoms with Gasteiger partial charge in [0.1, 0.15) is 5.54 Å². The first-order chi connectivity index (χ1) is 6.94. The van der Waals surface area contributed by atoms with Crippen LogP contribution in [0.5, 0.6) is 0 Å². The van der Waals surface area contributed by atoms with E-state index in [-0.39, 0.29) is 24.4 Å². The van der Waals surface area contributed by atoms with Crippen molar-refractivity contribution in [3.05, 3.63) is 12.2 Å². The lowest BCUT2D eigenvalue weighted by atomic mass is 9.99. The van der Waals surface area contributed by atoms with Crippen molar-refractivity contribution in [1.29, 1.82) is 0 Å². The number of amides is 3. The van der Waals surface area contributed by atoms with Gasteiger partial charge in [0.2, 0.25) is 0 Å². The van der Waals surface area contributed by atoms with Gasteiger partial charge in [0.25, 0.3) is 5.91 Å². The van der Waals surface area contributed by atoms with E-state index in [1.165, 1.54) is 0 Å². The first-order valence-corrected chi connectivity index (χ1v) is 5.34. The topological polar surface area (TPSA) is 49.4 Å². The third-order valence-corrected chi connectivity index (χ3v) is 3.00. The molecule has 0 aromatic rings. The fraction of sp³-hybridized carbons (Fsp3) is 0.600. The van der Waals surface area contributed by atoms with Crippen molar-refractivity contribution in [3.8, 4) is 0 Å². The molecular weight excluding hydrogens is 216 g/mol. The molecule has 0 radical (unpaired) electrons. The molecule has 0 aliphatic carbocycles. The second-order valence-electron chi connectivity index (χ2n) is 3.89. The van der Waals surface area contributed by atoms with E-state index in [0.717, 1.165) is 4.90 Å². The summed E-state index contributed by atoms with van der Waals surface area (Å²) in [5, 5.41) is 2.66. The average Bonchev–Trinajstić information content (AvgIpc) is 2.42. The van der Waals surface area contributed by atoms with Gasteiger partial charge in [-0.3, -0.25) is 9.69 Å². The zero-order valence-corrected chi connectivity index (χ0v) is 9.73. The van der Waals surface area contributed by atoms with Gasteiger partial charge in [-0.25, -0.2) is 4.79 Å². The summed E-state index contributed by atoms with van der Waals surface area (Å²) in [4.78, 5) is 24.6. The fourth-order valence-corrected chi connectivity index (χ4v) is 1.48. The molecule has 1 unspecified atom stereocenters. The average molecular weight is 231 g/mol. The SMILES string of the molecule is C=C(CCl)CN1C(=O)NC(C)(CC)C1=O. The van der Waals surface area contributed by atoms with Gasteiger partial charge in [-0.1, -0.05) is 13.5 Å². The number of rotatable bonds is 4. The minimum atomic E-state index is -0.774. The minimum absolute atomic E-state index is 0.198. The maximum atomic E-state index is 11.9. The number of nitrogens with zero attached hydrogens (tertiary/aromatic N) is 1. The lowest BCUT2D eigenvalue weighted by Gasteiger charge is -2.19. The van der Waals surface area contributed by atoms with E-state index in [4.69, 9.17) is 11.6 Å². The standard InChI is InChI=1S/C10H15ClN2O2/c1-4-10(3)8(14)13(9(15)12-10)6-7(2)5-11/h2,4-6H2,1,3H3,(H,12,15). The van der Waals surface area contributed by atoms with Gasteiger partial charge in [0.15, 0.2) is 0 Å². The summed E-state index contributed by atoms with van der Waals surface area (Å²) < 4.78 is 0. The van der Waals surface area contributed by atoms with Crippen LogP contribution in [0.2, 0.25) is 0 Å². The van der Waals surface area contributed by atoms with Crippen molar-refractivity contribution in [2.75, 3.05) is 12.4 Å². The summed E-state index contributed by atoms with van der Waals surface area (Å²) in [6, 6.07) is -0.365. The Labute approximate surface area is 94.3 Å². The summed E-state index contributed by atoms with van der Waals surface area (Å²) in [7, 11) is 0. The van der Waals surface area contributed by atoms with Crippen LogP contribution in [-0.4, -0.2) is 34.8 Å². The molecule has 5 heteroatoms. The molecule has 0 saturated carbocycles. The van der Waals surface area contributed by atoms with E-state index >= 15 is 0 Å². The zero-order valence-electron chi connectivity index (χ0n) is 8.97. The van der Waals surface area contributed by atoms with Gasteiger partial charge in [-0.05, 0) is 18.9 Å². The van der Waals surface area contributed by atoms with Crippen molar-refractivity contribution in [3.63, 3.8) is 0 Å². The number of imide groups is 1. The van der Waals surface area contributed by atoms with Crippen molar-refractivity contribution >= 4 is 23.5 Å². The molecule has 0 aromatic carbocycles. The van der Waals surface area contributed by atoms with Crippen LogP contribution in [0.3, 0.4) is 0 Å². The van der Waals surface area contributed by atoms with Crippen LogP contribution in [0.4, 0.5) is 4.79 Å². The first kappa shape index (κ1) is 12.0. The summed E-state index contributed by atoms with van der Waals surface area (Å²) in [5.74, 6) is 0.0427. The number of urea groups is 1. The molecule has 0 bridgehead atoms. The van der Waals surface area contributed by atoms with Gasteiger partial charge >= 0.3 is 6.03 Å². The Bertz CT molecular complexity index is 317. The molecule has 1 heterocycles. The van der Waals surface area contributed by atoms with Crippen molar-refractivity contribution in [2.24, 2.45) is 0 Å². The van der Waals surface area contributed by atoms with Crippen LogP contribution in [0.1, 0.15) is 20.3 Å². The molecule has 1 aliphatic rings. The number of carbonyl (C=O) groups excluding carboxylic acids is 2. The van der Waals surface area contributed by atoms with Crippen molar-refractivity contribution < 1.29 is 9.59 Å². The summed E-state index contributed by atoms with van der Waals surface area (Å²) in [5.41, 5.74) is -0.121. The Balaban J connectivity index is 2.80. The predicted molar refractivity (Wildman–Crippen MR) is 58.8 cm³/mol. The zero-order chi connectivity index (χ0) is 11.6. The molecule has 0 spiro atoms. The first-order valence-electron chi connectivity index (χ1n) is 4.81. The monoisotopic (exact) mass is 230 g/mol. The number of carbonyl (C=O) groups is 2. The van der Waals surface area contributed by atoms with E-state index in [2.05, 4.69) is 11.9 Å². The molecule has 0 aromatic heterocycles. The maximum Gasteiger partial charge on any atom is 0.325 e. The molecule has 1 N–H and O–H groups in total. The third kappa shape index (κ3) is 2.15. The Morgan fingerprint density at radius 3 is 2.60 bits per heavy atom. The second-order valence-corrected chi connectivity index (χ2v) is 4.16. The van der Waals surface area contributed by atoms with Crippen LogP contribution in [-0.2, 0) is 4.79 Å². The number of hydrogen-bond acceptors (Lipinski definition) is 2. The van der Waals surface area contributed by atoms with Gasteiger partial charge < -0.3 is 5.32 Å². The van der Waals surface area contributed by atoms with Crippen LogP contribution >= 0.6 is 11.6 Å². The number of nitrogens with one attached hydrogen (secondary N) is 1. The summed E-state index contributed by atoms with van der Waals surface area (Å²) in [6.45, 7) is 7.45. The summed E-state index contributed by atoms with van der Waals surface area (Å²) in [6.07, 6.45) is 0.571. The Hall–Kier alpha value is -1.03. The normalized spacial score (nSPS) is 25.7. The molecule has 3 amide bonds. The maximum absolute atomic E-state index is 11.9. The highest BCUT2D eigenvalue weighted by molar-refractivity contribution is 6.19. The fourth-order valence-electron chi connectivity index (χ4n) is 1.40. The second kappa shape index (κ2) is 4.23. The molecule has 84 valence electrons. The van der Waals surface area contributed by atoms with E-state index in [1.807, 2.05) is 6.92 Å². The highest BCUT2D eigenvalue weighted by atomic mass is 35.5. The molecule has 1 rings (SSSR count). The lowest BCUT2D eigenvalue weighted by molar-refractivity contribution is -0.130. The Kier molecular flexibility index (Phi) is 3.39. The molecule has 1 atom stereocenters. The smallest absolute Gasteiger partial charge is 0.323 e. The number of halogens is 1. The molecule has 1 aliphatic heterocycles. The number of hydrogen-bond donors (Lipinski definition) is 1. The molecule has 15 heavy (non-hydrogen) atoms. The van der Waals surface area contributed by atoms with E-state index in [1.54, 1.807) is 6.92 Å². The van der Waals surface area contributed by atoms with Gasteiger partial charge in [-0.2, -0.15) is 0 Å². The van der Waals surface area contributed by atoms with Gasteiger partial charge in [-0.15, -0.1) is 11.6 Å². The molecule has 1 saturated heterocycles. The third-order valence-electron chi connectivity index (χ3n) is 2.62. The Morgan fingerprint density at radius 1 is 1.60 bits per heavy atom. The van der Waals surface area contributed by atoms with Gasteiger partial charge in [0, 0.05) is 5.88 Å². The van der Waals surface area contributed by atoms with Crippen LogP contribution in [0.15, 0.2) is 12.2 Å². The van der Waals surface area contributed by atoms with Crippen LogP contribution in [0.25, 0.3) is 0 Å². The van der Waals surface area contributed by atoms with Gasteiger partial charge in [0.05, 0.1) is 6.54 Å². The summed E-state index contributed by atoms with van der Waals surface area (Å²) >= 11 is 5.56. The molecule has 4 nitrogen and oxygen atoms in total. The van der Waals surface area contributed by atoms with Crippen molar-refractivity contribution in [1.82, 2.24) is 10.2 Å². The van der Waals surface area contributed by atoms with E-state index in [0.29, 0.717) is 12.0 Å². The Morgan fingerprint density at radius 2 is 2.20 bits per heavy atom. The number of alkyl halides is 1. The molecular formula is C10H15ClN2O2. The quantitative estimate of drug-likeness (QED) is 0.452. The predicted octanol–water partition coefficient (Wildman–Crippen LogP) is 1.50. The largest absolute Gasteiger partial charge is 0.325 e. The molecule has 1 fully saturated rings. The van der Waals surface area contributed by atoms with Crippen molar-refractivity contribution in [2.45, 2.75) is 25.8 Å². The van der Waals surface area contributed by atoms with Crippen LogP contribution < -0.4 is 5.32 Å². The highest BCUT2D eigenvalue weighted by Crippen LogP contribution is 2.21. The minimum Gasteiger partial charge on any atom is -0.323 e. The highest BCUT2D eigenvalue weighted by Gasteiger charge is 2.46. The van der Waals surface area contributed by atoms with Crippen LogP contribution in [0, 0.1) is 0 Å². The van der Waals surface area contributed by atoms with E-state index < -0.39 is 5.54 Å². The van der Waals surface area contributed by atoms with E-state index in [9.17, 15) is 9.59 Å². The lowest BCUT2D eigenvalue weighted by Crippen LogP contribution is -2.43.